The van der Waals surface area contributed by atoms with Gasteiger partial charge in [-0.2, -0.15) is 0 Å². The Bertz CT molecular complexity index is 536. The molecule has 2 amide bonds. The zero-order valence-electron chi connectivity index (χ0n) is 11.3. The Balaban J connectivity index is 1.69. The Morgan fingerprint density at radius 3 is 2.85 bits per heavy atom. The molecule has 1 aromatic carbocycles. The van der Waals surface area contributed by atoms with Gasteiger partial charge in [0.25, 0.3) is 5.91 Å². The zero-order valence-corrected chi connectivity index (χ0v) is 11.3. The summed E-state index contributed by atoms with van der Waals surface area (Å²) in [4.78, 5) is 23.5. The summed E-state index contributed by atoms with van der Waals surface area (Å²) in [6.07, 6.45) is 5.43. The van der Waals surface area contributed by atoms with Gasteiger partial charge >= 0.3 is 0 Å². The summed E-state index contributed by atoms with van der Waals surface area (Å²) < 4.78 is 5.29. The molecule has 0 spiro atoms. The second-order valence-electron chi connectivity index (χ2n) is 5.37. The smallest absolute Gasteiger partial charge is 0.262 e. The molecular weight excluding hydrogens is 256 g/mol. The van der Waals surface area contributed by atoms with Crippen LogP contribution in [0.5, 0.6) is 5.75 Å². The average molecular weight is 274 g/mol. The summed E-state index contributed by atoms with van der Waals surface area (Å²) in [5.74, 6) is 0.659. The monoisotopic (exact) mass is 274 g/mol. The van der Waals surface area contributed by atoms with E-state index in [4.69, 9.17) is 4.74 Å². The van der Waals surface area contributed by atoms with E-state index < -0.39 is 0 Å². The van der Waals surface area contributed by atoms with E-state index in [9.17, 15) is 9.59 Å². The highest BCUT2D eigenvalue weighted by molar-refractivity contribution is 5.98. The number of nitrogens with one attached hydrogen (secondary N) is 2. The molecule has 1 aliphatic heterocycles. The first-order valence-corrected chi connectivity index (χ1v) is 7.10. The van der Waals surface area contributed by atoms with E-state index in [1.165, 1.54) is 6.42 Å². The van der Waals surface area contributed by atoms with Crippen molar-refractivity contribution < 1.29 is 14.3 Å². The number of hydrogen-bond acceptors (Lipinski definition) is 3. The van der Waals surface area contributed by atoms with Gasteiger partial charge in [0.05, 0.1) is 5.69 Å². The first kappa shape index (κ1) is 13.0. The van der Waals surface area contributed by atoms with Gasteiger partial charge in [-0.25, -0.2) is 0 Å². The van der Waals surface area contributed by atoms with E-state index in [0.717, 1.165) is 25.7 Å². The molecular formula is C15H18N2O3. The largest absolute Gasteiger partial charge is 0.482 e. The number of carbonyl (C=O) groups is 2. The fourth-order valence-electron chi connectivity index (χ4n) is 2.77. The van der Waals surface area contributed by atoms with E-state index in [1.54, 1.807) is 18.2 Å². The molecule has 1 fully saturated rings. The van der Waals surface area contributed by atoms with Crippen LogP contribution in [0.25, 0.3) is 0 Å². The molecule has 0 saturated heterocycles. The van der Waals surface area contributed by atoms with Crippen LogP contribution in [0, 0.1) is 5.92 Å². The molecule has 1 saturated carbocycles. The lowest BCUT2D eigenvalue weighted by atomic mass is 9.88. The van der Waals surface area contributed by atoms with Gasteiger partial charge in [0.15, 0.2) is 6.61 Å². The maximum atomic E-state index is 12.2. The Kier molecular flexibility index (Phi) is 3.58. The zero-order chi connectivity index (χ0) is 13.9. The Morgan fingerprint density at radius 1 is 1.25 bits per heavy atom. The molecule has 2 N–H and O–H groups in total. The Labute approximate surface area is 117 Å². The molecule has 2 aliphatic rings. The molecule has 0 radical (unpaired) electrons. The number of hydrogen-bond donors (Lipinski definition) is 2. The van der Waals surface area contributed by atoms with Gasteiger partial charge in [0, 0.05) is 11.6 Å². The van der Waals surface area contributed by atoms with Crippen molar-refractivity contribution in [3.05, 3.63) is 18.2 Å². The summed E-state index contributed by atoms with van der Waals surface area (Å²) in [5.41, 5.74) is 1.31. The van der Waals surface area contributed by atoms with Crippen LogP contribution in [0.4, 0.5) is 11.4 Å². The normalized spacial score (nSPS) is 18.7. The number of amides is 2. The summed E-state index contributed by atoms with van der Waals surface area (Å²) in [5, 5.41) is 5.67. The van der Waals surface area contributed by atoms with Crippen molar-refractivity contribution in [2.75, 3.05) is 17.2 Å². The minimum atomic E-state index is -0.173. The Morgan fingerprint density at radius 2 is 2.05 bits per heavy atom. The fraction of sp³-hybridized carbons (Fsp3) is 0.467. The van der Waals surface area contributed by atoms with Gasteiger partial charge in [0.2, 0.25) is 5.91 Å². The molecule has 5 heteroatoms. The molecule has 1 aromatic rings. The highest BCUT2D eigenvalue weighted by atomic mass is 16.5. The number of fused-ring (bicyclic) bond motifs is 1. The third kappa shape index (κ3) is 2.76. The highest BCUT2D eigenvalue weighted by Gasteiger charge is 2.22. The summed E-state index contributed by atoms with van der Waals surface area (Å²) in [6.45, 7) is 0.0424. The van der Waals surface area contributed by atoms with Crippen LogP contribution in [0.3, 0.4) is 0 Å². The van der Waals surface area contributed by atoms with Crippen LogP contribution in [0.15, 0.2) is 18.2 Å². The first-order valence-electron chi connectivity index (χ1n) is 7.10. The predicted molar refractivity (Wildman–Crippen MR) is 75.8 cm³/mol. The third-order valence-corrected chi connectivity index (χ3v) is 3.86. The highest BCUT2D eigenvalue weighted by Crippen LogP contribution is 2.31. The second kappa shape index (κ2) is 5.53. The molecule has 0 atom stereocenters. The van der Waals surface area contributed by atoms with Gasteiger partial charge in [-0.3, -0.25) is 9.59 Å². The molecule has 0 bridgehead atoms. The van der Waals surface area contributed by atoms with Gasteiger partial charge < -0.3 is 15.4 Å². The standard InChI is InChI=1S/C15H18N2O3/c18-14-9-20-13-7-6-11(8-12(13)17-14)16-15(19)10-4-2-1-3-5-10/h6-8,10H,1-5,9H2,(H,16,19)(H,17,18). The SMILES string of the molecule is O=C1COc2ccc(NC(=O)C3CCCCC3)cc2N1. The van der Waals surface area contributed by atoms with E-state index >= 15 is 0 Å². The molecule has 5 nitrogen and oxygen atoms in total. The van der Waals surface area contributed by atoms with Crippen LogP contribution < -0.4 is 15.4 Å². The van der Waals surface area contributed by atoms with E-state index in [1.807, 2.05) is 0 Å². The van der Waals surface area contributed by atoms with Crippen molar-refractivity contribution in [3.8, 4) is 5.75 Å². The number of anilines is 2. The quantitative estimate of drug-likeness (QED) is 0.870. The predicted octanol–water partition coefficient (Wildman–Crippen LogP) is 2.54. The summed E-state index contributed by atoms with van der Waals surface area (Å²) in [6, 6.07) is 5.31. The maximum absolute atomic E-state index is 12.2. The van der Waals surface area contributed by atoms with Gasteiger partial charge in [0.1, 0.15) is 5.75 Å². The van der Waals surface area contributed by atoms with Crippen molar-refractivity contribution in [2.24, 2.45) is 5.92 Å². The van der Waals surface area contributed by atoms with Crippen LogP contribution in [0.1, 0.15) is 32.1 Å². The number of rotatable bonds is 2. The average Bonchev–Trinajstić information content (AvgIpc) is 2.47. The van der Waals surface area contributed by atoms with Crippen molar-refractivity contribution in [1.29, 1.82) is 0 Å². The molecule has 1 aliphatic carbocycles. The number of carbonyl (C=O) groups excluding carboxylic acids is 2. The number of benzene rings is 1. The van der Waals surface area contributed by atoms with Gasteiger partial charge in [-0.05, 0) is 31.0 Å². The maximum Gasteiger partial charge on any atom is 0.262 e. The summed E-state index contributed by atoms with van der Waals surface area (Å²) >= 11 is 0. The fourth-order valence-corrected chi connectivity index (χ4v) is 2.77. The van der Waals surface area contributed by atoms with Crippen LogP contribution in [-0.2, 0) is 9.59 Å². The van der Waals surface area contributed by atoms with Gasteiger partial charge in [-0.15, -0.1) is 0 Å². The molecule has 0 unspecified atom stereocenters. The lowest BCUT2D eigenvalue weighted by Gasteiger charge is -2.22. The van der Waals surface area contributed by atoms with E-state index in [-0.39, 0.29) is 24.3 Å². The summed E-state index contributed by atoms with van der Waals surface area (Å²) in [7, 11) is 0. The van der Waals surface area contributed by atoms with E-state index in [0.29, 0.717) is 17.1 Å². The third-order valence-electron chi connectivity index (χ3n) is 3.86. The minimum Gasteiger partial charge on any atom is -0.482 e. The number of ether oxygens (including phenoxy) is 1. The lowest BCUT2D eigenvalue weighted by molar-refractivity contribution is -0.120. The minimum absolute atomic E-state index is 0.0424. The van der Waals surface area contributed by atoms with Crippen LogP contribution in [-0.4, -0.2) is 18.4 Å². The van der Waals surface area contributed by atoms with Crippen molar-refractivity contribution in [2.45, 2.75) is 32.1 Å². The van der Waals surface area contributed by atoms with Crippen molar-refractivity contribution >= 4 is 23.2 Å². The molecule has 106 valence electrons. The first-order chi connectivity index (χ1) is 9.72. The van der Waals surface area contributed by atoms with Crippen molar-refractivity contribution in [1.82, 2.24) is 0 Å². The molecule has 3 rings (SSSR count). The molecule has 1 heterocycles. The van der Waals surface area contributed by atoms with Crippen molar-refractivity contribution in [3.63, 3.8) is 0 Å². The van der Waals surface area contributed by atoms with Gasteiger partial charge in [-0.1, -0.05) is 19.3 Å². The topological polar surface area (TPSA) is 67.4 Å². The Hall–Kier alpha value is -2.04. The lowest BCUT2D eigenvalue weighted by Crippen LogP contribution is -2.26. The van der Waals surface area contributed by atoms with Crippen LogP contribution >= 0.6 is 0 Å². The second-order valence-corrected chi connectivity index (χ2v) is 5.37. The van der Waals surface area contributed by atoms with Crippen LogP contribution in [0.2, 0.25) is 0 Å². The molecule has 0 aromatic heterocycles. The molecule has 20 heavy (non-hydrogen) atoms. The van der Waals surface area contributed by atoms with E-state index in [2.05, 4.69) is 10.6 Å².